The maximum absolute atomic E-state index is 13.7. The highest BCUT2D eigenvalue weighted by Gasteiger charge is 2.07. The van der Waals surface area contributed by atoms with Crippen molar-refractivity contribution in [3.63, 3.8) is 0 Å². The number of nitrogens with zero attached hydrogens (tertiary/aromatic N) is 1. The summed E-state index contributed by atoms with van der Waals surface area (Å²) in [5.74, 6) is -0.199. The second-order valence-corrected chi connectivity index (χ2v) is 4.98. The Kier molecular flexibility index (Phi) is 5.18. The molecule has 0 aliphatic carbocycles. The van der Waals surface area contributed by atoms with E-state index in [0.717, 1.165) is 29.8 Å². The van der Waals surface area contributed by atoms with Crippen molar-refractivity contribution in [1.29, 1.82) is 0 Å². The van der Waals surface area contributed by atoms with Crippen LogP contribution in [0.25, 0.3) is 0 Å². The Labute approximate surface area is 119 Å². The number of hydrogen-bond acceptors (Lipinski definition) is 3. The summed E-state index contributed by atoms with van der Waals surface area (Å²) in [6, 6.07) is 7.08. The highest BCUT2D eigenvalue weighted by atomic mass is 19.1. The van der Waals surface area contributed by atoms with Crippen molar-refractivity contribution in [2.75, 3.05) is 18.5 Å². The zero-order valence-electron chi connectivity index (χ0n) is 12.0. The van der Waals surface area contributed by atoms with E-state index in [1.165, 1.54) is 0 Å². The number of nitrogens with one attached hydrogen (secondary N) is 1. The fourth-order valence-corrected chi connectivity index (χ4v) is 2.11. The first-order chi connectivity index (χ1) is 9.69. The van der Waals surface area contributed by atoms with E-state index in [0.29, 0.717) is 13.1 Å². The van der Waals surface area contributed by atoms with Gasteiger partial charge in [-0.2, -0.15) is 0 Å². The van der Waals surface area contributed by atoms with Crippen molar-refractivity contribution in [3.8, 4) is 0 Å². The maximum atomic E-state index is 13.7. The van der Waals surface area contributed by atoms with E-state index in [4.69, 9.17) is 4.42 Å². The second-order valence-electron chi connectivity index (χ2n) is 4.98. The van der Waals surface area contributed by atoms with Gasteiger partial charge in [-0.1, -0.05) is 6.92 Å². The van der Waals surface area contributed by atoms with E-state index in [1.807, 2.05) is 24.1 Å². The van der Waals surface area contributed by atoms with Gasteiger partial charge in [-0.3, -0.25) is 0 Å². The molecule has 0 bridgehead atoms. The fourth-order valence-electron chi connectivity index (χ4n) is 2.11. The molecule has 4 heteroatoms. The van der Waals surface area contributed by atoms with Crippen molar-refractivity contribution >= 4 is 5.69 Å². The number of halogens is 1. The Morgan fingerprint density at radius 3 is 2.80 bits per heavy atom. The minimum Gasteiger partial charge on any atom is -0.472 e. The lowest BCUT2D eigenvalue weighted by molar-refractivity contribution is 0.563. The van der Waals surface area contributed by atoms with Crippen LogP contribution in [0.3, 0.4) is 0 Å². The number of anilines is 1. The molecule has 0 aliphatic rings. The van der Waals surface area contributed by atoms with Crippen molar-refractivity contribution in [3.05, 3.63) is 53.7 Å². The lowest BCUT2D eigenvalue weighted by Gasteiger charge is -2.19. The van der Waals surface area contributed by atoms with E-state index in [1.54, 1.807) is 24.7 Å². The van der Waals surface area contributed by atoms with Gasteiger partial charge >= 0.3 is 0 Å². The summed E-state index contributed by atoms with van der Waals surface area (Å²) in [5.41, 5.74) is 2.91. The van der Waals surface area contributed by atoms with Crippen molar-refractivity contribution in [2.24, 2.45) is 0 Å². The lowest BCUT2D eigenvalue weighted by atomic mass is 10.1. The molecule has 0 atom stereocenters. The highest BCUT2D eigenvalue weighted by Crippen LogP contribution is 2.19. The predicted molar refractivity (Wildman–Crippen MR) is 79.2 cm³/mol. The van der Waals surface area contributed by atoms with Crippen LogP contribution in [-0.4, -0.2) is 13.6 Å². The van der Waals surface area contributed by atoms with Gasteiger partial charge in [0, 0.05) is 31.4 Å². The van der Waals surface area contributed by atoms with Crippen LogP contribution in [0.2, 0.25) is 0 Å². The lowest BCUT2D eigenvalue weighted by Crippen LogP contribution is -2.18. The van der Waals surface area contributed by atoms with Crippen LogP contribution < -0.4 is 10.2 Å². The van der Waals surface area contributed by atoms with Crippen LogP contribution in [-0.2, 0) is 13.1 Å². The van der Waals surface area contributed by atoms with Gasteiger partial charge in [-0.15, -0.1) is 0 Å². The second kappa shape index (κ2) is 7.10. The van der Waals surface area contributed by atoms with E-state index < -0.39 is 0 Å². The third kappa shape index (κ3) is 4.10. The number of benzene rings is 1. The quantitative estimate of drug-likeness (QED) is 0.784. The molecule has 1 aromatic heterocycles. The normalized spacial score (nSPS) is 10.8. The molecule has 1 N–H and O–H groups in total. The summed E-state index contributed by atoms with van der Waals surface area (Å²) in [6.45, 7) is 4.44. The van der Waals surface area contributed by atoms with Crippen molar-refractivity contribution < 1.29 is 8.81 Å². The maximum Gasteiger partial charge on any atom is 0.125 e. The van der Waals surface area contributed by atoms with Crippen LogP contribution in [0, 0.1) is 5.82 Å². The summed E-state index contributed by atoms with van der Waals surface area (Å²) < 4.78 is 18.8. The van der Waals surface area contributed by atoms with Crippen LogP contribution in [0.4, 0.5) is 10.1 Å². The Bertz CT molecular complexity index is 525. The average Bonchev–Trinajstić information content (AvgIpc) is 2.91. The smallest absolute Gasteiger partial charge is 0.125 e. The molecule has 20 heavy (non-hydrogen) atoms. The minimum absolute atomic E-state index is 0.199. The Morgan fingerprint density at radius 2 is 2.10 bits per heavy atom. The first-order valence-electron chi connectivity index (χ1n) is 6.91. The first kappa shape index (κ1) is 14.6. The van der Waals surface area contributed by atoms with Crippen molar-refractivity contribution in [2.45, 2.75) is 26.4 Å². The third-order valence-electron chi connectivity index (χ3n) is 3.14. The molecular weight excluding hydrogens is 255 g/mol. The number of furan rings is 1. The summed E-state index contributed by atoms with van der Waals surface area (Å²) in [7, 11) is 1.95. The summed E-state index contributed by atoms with van der Waals surface area (Å²) in [5, 5.41) is 3.29. The molecule has 3 nitrogen and oxygen atoms in total. The first-order valence-corrected chi connectivity index (χ1v) is 6.91. The number of rotatable bonds is 7. The van der Waals surface area contributed by atoms with E-state index >= 15 is 0 Å². The summed E-state index contributed by atoms with van der Waals surface area (Å²) in [6.07, 6.45) is 4.43. The van der Waals surface area contributed by atoms with Crippen LogP contribution in [0.5, 0.6) is 0 Å². The summed E-state index contributed by atoms with van der Waals surface area (Å²) in [4.78, 5) is 2.01. The fraction of sp³-hybridized carbons (Fsp3) is 0.375. The summed E-state index contributed by atoms with van der Waals surface area (Å²) >= 11 is 0. The SMILES string of the molecule is CCCNCc1cc(F)cc(N(C)Cc2ccoc2)c1. The molecule has 0 saturated carbocycles. The van der Waals surface area contributed by atoms with Gasteiger partial charge in [0.15, 0.2) is 0 Å². The average molecular weight is 276 g/mol. The zero-order valence-corrected chi connectivity index (χ0v) is 12.0. The van der Waals surface area contributed by atoms with Gasteiger partial charge < -0.3 is 14.6 Å². The van der Waals surface area contributed by atoms with Gasteiger partial charge in [0.05, 0.1) is 12.5 Å². The monoisotopic (exact) mass is 276 g/mol. The highest BCUT2D eigenvalue weighted by molar-refractivity contribution is 5.48. The van der Waals surface area contributed by atoms with Gasteiger partial charge in [0.25, 0.3) is 0 Å². The molecule has 2 aromatic rings. The van der Waals surface area contributed by atoms with E-state index in [9.17, 15) is 4.39 Å². The van der Waals surface area contributed by atoms with Gasteiger partial charge in [-0.05, 0) is 42.8 Å². The van der Waals surface area contributed by atoms with E-state index in [2.05, 4.69) is 12.2 Å². The Hall–Kier alpha value is -1.81. The standard InChI is InChI=1S/C16H21FN2O/c1-3-5-18-10-14-7-15(17)9-16(8-14)19(2)11-13-4-6-20-12-13/h4,6-9,12,18H,3,5,10-11H2,1-2H3. The van der Waals surface area contributed by atoms with Crippen LogP contribution in [0.1, 0.15) is 24.5 Å². The molecule has 0 amide bonds. The predicted octanol–water partition coefficient (Wildman–Crippen LogP) is 3.55. The molecule has 0 fully saturated rings. The molecule has 0 spiro atoms. The number of hydrogen-bond donors (Lipinski definition) is 1. The molecular formula is C16H21FN2O. The van der Waals surface area contributed by atoms with Crippen LogP contribution in [0.15, 0.2) is 41.2 Å². The molecule has 108 valence electrons. The molecule has 1 heterocycles. The molecule has 0 unspecified atom stereocenters. The van der Waals surface area contributed by atoms with Gasteiger partial charge in [-0.25, -0.2) is 4.39 Å². The molecule has 0 aliphatic heterocycles. The van der Waals surface area contributed by atoms with Gasteiger partial charge in [0.1, 0.15) is 5.82 Å². The largest absolute Gasteiger partial charge is 0.472 e. The third-order valence-corrected chi connectivity index (χ3v) is 3.14. The van der Waals surface area contributed by atoms with Gasteiger partial charge in [0.2, 0.25) is 0 Å². The van der Waals surface area contributed by atoms with Crippen molar-refractivity contribution in [1.82, 2.24) is 5.32 Å². The van der Waals surface area contributed by atoms with Crippen LogP contribution >= 0.6 is 0 Å². The Balaban J connectivity index is 2.06. The zero-order chi connectivity index (χ0) is 14.4. The molecule has 1 aromatic carbocycles. The molecule has 0 saturated heterocycles. The molecule has 2 rings (SSSR count). The Morgan fingerprint density at radius 1 is 1.25 bits per heavy atom. The van der Waals surface area contributed by atoms with E-state index in [-0.39, 0.29) is 5.82 Å². The minimum atomic E-state index is -0.199. The molecule has 0 radical (unpaired) electrons. The topological polar surface area (TPSA) is 28.4 Å².